The van der Waals surface area contributed by atoms with Crippen molar-refractivity contribution in [2.24, 2.45) is 11.7 Å². The number of rotatable bonds is 6. The van der Waals surface area contributed by atoms with Crippen molar-refractivity contribution in [3.8, 4) is 6.07 Å². The minimum absolute atomic E-state index is 0.0148. The average Bonchev–Trinajstić information content (AvgIpc) is 3.16. The van der Waals surface area contributed by atoms with Gasteiger partial charge in [0.15, 0.2) is 0 Å². The molecule has 1 aromatic heterocycles. The van der Waals surface area contributed by atoms with Crippen molar-refractivity contribution in [2.75, 3.05) is 13.6 Å². The highest BCUT2D eigenvalue weighted by Gasteiger charge is 2.23. The topological polar surface area (TPSA) is 92.1 Å². The van der Waals surface area contributed by atoms with Gasteiger partial charge < -0.3 is 15.2 Å². The van der Waals surface area contributed by atoms with Crippen LogP contribution in [-0.4, -0.2) is 34.9 Å². The molecule has 0 radical (unpaired) electrons. The lowest BCUT2D eigenvalue weighted by Gasteiger charge is -2.27. The number of primary amides is 1. The Morgan fingerprint density at radius 3 is 2.47 bits per heavy atom. The summed E-state index contributed by atoms with van der Waals surface area (Å²) in [5, 5.41) is 10.3. The van der Waals surface area contributed by atoms with Gasteiger partial charge in [-0.2, -0.15) is 5.26 Å². The third-order valence-electron chi connectivity index (χ3n) is 6.44. The summed E-state index contributed by atoms with van der Waals surface area (Å²) in [6.45, 7) is 1.22. The molecule has 1 aliphatic carbocycles. The van der Waals surface area contributed by atoms with Crippen molar-refractivity contribution < 1.29 is 9.59 Å². The second-order valence-electron chi connectivity index (χ2n) is 8.75. The predicted octanol–water partition coefficient (Wildman–Crippen LogP) is 4.31. The maximum atomic E-state index is 13.5. The molecule has 0 aliphatic heterocycles. The molecule has 0 bridgehead atoms. The Hall–Kier alpha value is -3.59. The summed E-state index contributed by atoms with van der Waals surface area (Å²) in [6.07, 6.45) is 6.13. The minimum atomic E-state index is -0.471. The lowest BCUT2D eigenvalue weighted by atomic mass is 9.89. The van der Waals surface area contributed by atoms with E-state index in [0.717, 1.165) is 23.0 Å². The Labute approximate surface area is 188 Å². The van der Waals surface area contributed by atoms with Crippen molar-refractivity contribution in [1.82, 2.24) is 9.47 Å². The van der Waals surface area contributed by atoms with Crippen molar-refractivity contribution >= 4 is 22.7 Å². The SMILES string of the molecule is CN(CC1CCCCC1)C(=O)c1cc2ccc(C#N)cc2n1Cc1ccc(C(N)=O)cc1. The number of aromatic nitrogens is 1. The summed E-state index contributed by atoms with van der Waals surface area (Å²) in [5.74, 6) is 0.0722. The molecule has 2 amide bonds. The largest absolute Gasteiger partial charge is 0.366 e. The fourth-order valence-electron chi connectivity index (χ4n) is 4.66. The number of nitriles is 1. The Bertz CT molecular complexity index is 1180. The van der Waals surface area contributed by atoms with E-state index in [4.69, 9.17) is 5.73 Å². The molecule has 4 rings (SSSR count). The van der Waals surface area contributed by atoms with Crippen LogP contribution in [-0.2, 0) is 6.54 Å². The summed E-state index contributed by atoms with van der Waals surface area (Å²) in [6, 6.07) is 16.7. The quantitative estimate of drug-likeness (QED) is 0.634. The second-order valence-corrected chi connectivity index (χ2v) is 8.75. The molecule has 0 saturated heterocycles. The molecule has 1 heterocycles. The van der Waals surface area contributed by atoms with E-state index in [1.807, 2.05) is 46.8 Å². The molecule has 6 nitrogen and oxygen atoms in total. The van der Waals surface area contributed by atoms with Gasteiger partial charge >= 0.3 is 0 Å². The maximum Gasteiger partial charge on any atom is 0.270 e. The van der Waals surface area contributed by atoms with Crippen LogP contribution in [0.1, 0.15) is 64.1 Å². The van der Waals surface area contributed by atoms with E-state index in [1.54, 1.807) is 18.2 Å². The fraction of sp³-hybridized carbons (Fsp3) is 0.346. The normalized spacial score (nSPS) is 14.2. The Morgan fingerprint density at radius 2 is 1.81 bits per heavy atom. The molecule has 164 valence electrons. The number of fused-ring (bicyclic) bond motifs is 1. The van der Waals surface area contributed by atoms with E-state index < -0.39 is 5.91 Å². The molecule has 1 saturated carbocycles. The van der Waals surface area contributed by atoms with Gasteiger partial charge in [0, 0.05) is 31.1 Å². The highest BCUT2D eigenvalue weighted by Crippen LogP contribution is 2.27. The van der Waals surface area contributed by atoms with E-state index >= 15 is 0 Å². The van der Waals surface area contributed by atoms with Gasteiger partial charge in [0.2, 0.25) is 5.91 Å². The lowest BCUT2D eigenvalue weighted by molar-refractivity contribution is 0.0750. The number of carbonyl (C=O) groups excluding carboxylic acids is 2. The van der Waals surface area contributed by atoms with Crippen LogP contribution in [0.25, 0.3) is 10.9 Å². The van der Waals surface area contributed by atoms with Crippen LogP contribution in [0.5, 0.6) is 0 Å². The Balaban J connectivity index is 1.68. The van der Waals surface area contributed by atoms with E-state index in [9.17, 15) is 14.9 Å². The van der Waals surface area contributed by atoms with Crippen LogP contribution in [0.2, 0.25) is 0 Å². The number of hydrogen-bond donors (Lipinski definition) is 1. The summed E-state index contributed by atoms with van der Waals surface area (Å²) in [4.78, 5) is 26.7. The predicted molar refractivity (Wildman–Crippen MR) is 124 cm³/mol. The lowest BCUT2D eigenvalue weighted by Crippen LogP contribution is -2.34. The third kappa shape index (κ3) is 4.52. The van der Waals surface area contributed by atoms with Crippen LogP contribution >= 0.6 is 0 Å². The minimum Gasteiger partial charge on any atom is -0.366 e. The molecule has 3 aromatic rings. The average molecular weight is 429 g/mol. The standard InChI is InChI=1S/C26H28N4O2/c1-29(16-18-5-3-2-4-6-18)26(32)24-14-22-12-9-20(15-27)13-23(22)30(24)17-19-7-10-21(11-8-19)25(28)31/h7-14,18H,2-6,16-17H2,1H3,(H2,28,31). The number of benzene rings is 2. The van der Waals surface area contributed by atoms with Crippen molar-refractivity contribution in [3.63, 3.8) is 0 Å². The first-order chi connectivity index (χ1) is 15.5. The smallest absolute Gasteiger partial charge is 0.270 e. The highest BCUT2D eigenvalue weighted by molar-refractivity contribution is 5.99. The van der Waals surface area contributed by atoms with Crippen LogP contribution in [0.3, 0.4) is 0 Å². The summed E-state index contributed by atoms with van der Waals surface area (Å²) >= 11 is 0. The number of hydrogen-bond acceptors (Lipinski definition) is 3. The Kier molecular flexibility index (Phi) is 6.27. The first-order valence-electron chi connectivity index (χ1n) is 11.1. The molecule has 6 heteroatoms. The van der Waals surface area contributed by atoms with E-state index in [2.05, 4.69) is 6.07 Å². The van der Waals surface area contributed by atoms with E-state index in [-0.39, 0.29) is 5.91 Å². The van der Waals surface area contributed by atoms with Crippen LogP contribution in [0.15, 0.2) is 48.5 Å². The molecule has 2 aromatic carbocycles. The van der Waals surface area contributed by atoms with Crippen molar-refractivity contribution in [3.05, 3.63) is 70.9 Å². The summed E-state index contributed by atoms with van der Waals surface area (Å²) < 4.78 is 1.97. The van der Waals surface area contributed by atoms with Gasteiger partial charge in [0.25, 0.3) is 5.91 Å². The fourth-order valence-corrected chi connectivity index (χ4v) is 4.66. The molecule has 0 spiro atoms. The van der Waals surface area contributed by atoms with Crippen molar-refractivity contribution in [2.45, 2.75) is 38.6 Å². The monoisotopic (exact) mass is 428 g/mol. The van der Waals surface area contributed by atoms with Gasteiger partial charge in [0.05, 0.1) is 17.1 Å². The number of nitrogens with zero attached hydrogens (tertiary/aromatic N) is 3. The van der Waals surface area contributed by atoms with Gasteiger partial charge in [0.1, 0.15) is 5.69 Å². The van der Waals surface area contributed by atoms with Gasteiger partial charge in [-0.3, -0.25) is 9.59 Å². The number of carbonyl (C=O) groups is 2. The maximum absolute atomic E-state index is 13.5. The van der Waals surface area contributed by atoms with Crippen LogP contribution < -0.4 is 5.73 Å². The molecule has 0 atom stereocenters. The molecule has 1 fully saturated rings. The molecule has 32 heavy (non-hydrogen) atoms. The molecule has 1 aliphatic rings. The zero-order chi connectivity index (χ0) is 22.7. The zero-order valence-electron chi connectivity index (χ0n) is 18.4. The van der Waals surface area contributed by atoms with Gasteiger partial charge in [-0.05, 0) is 54.7 Å². The molecule has 0 unspecified atom stereocenters. The van der Waals surface area contributed by atoms with Crippen LogP contribution in [0, 0.1) is 17.2 Å². The molecule has 2 N–H and O–H groups in total. The number of nitrogens with two attached hydrogens (primary N) is 1. The first kappa shape index (κ1) is 21.6. The summed E-state index contributed by atoms with van der Waals surface area (Å²) in [5.41, 5.74) is 8.74. The van der Waals surface area contributed by atoms with Crippen molar-refractivity contribution in [1.29, 1.82) is 5.26 Å². The molecular weight excluding hydrogens is 400 g/mol. The van der Waals surface area contributed by atoms with Gasteiger partial charge in [-0.1, -0.05) is 37.5 Å². The molecular formula is C26H28N4O2. The third-order valence-corrected chi connectivity index (χ3v) is 6.44. The second kappa shape index (κ2) is 9.27. The van der Waals surface area contributed by atoms with E-state index in [0.29, 0.717) is 29.3 Å². The highest BCUT2D eigenvalue weighted by atomic mass is 16.2. The zero-order valence-corrected chi connectivity index (χ0v) is 18.4. The first-order valence-corrected chi connectivity index (χ1v) is 11.1. The Morgan fingerprint density at radius 1 is 1.09 bits per heavy atom. The van der Waals surface area contributed by atoms with Gasteiger partial charge in [-0.15, -0.1) is 0 Å². The summed E-state index contributed by atoms with van der Waals surface area (Å²) in [7, 11) is 1.88. The van der Waals surface area contributed by atoms with Crippen LogP contribution in [0.4, 0.5) is 0 Å². The number of amides is 2. The van der Waals surface area contributed by atoms with Gasteiger partial charge in [-0.25, -0.2) is 0 Å². The van der Waals surface area contributed by atoms with E-state index in [1.165, 1.54) is 32.1 Å².